The molecule has 6 heteroatoms. The summed E-state index contributed by atoms with van der Waals surface area (Å²) in [5, 5.41) is 5.01. The third-order valence-corrected chi connectivity index (χ3v) is 3.28. The van der Waals surface area contributed by atoms with Crippen LogP contribution in [0, 0.1) is 11.8 Å². The minimum Gasteiger partial charge on any atom is -0.383 e. The summed E-state index contributed by atoms with van der Waals surface area (Å²) in [7, 11) is 1.87. The Hall–Kier alpha value is -1.69. The van der Waals surface area contributed by atoms with Crippen LogP contribution in [0.2, 0.25) is 0 Å². The highest BCUT2D eigenvalue weighted by atomic mass is 15.3. The molecule has 6 nitrogen and oxygen atoms in total. The first-order valence-corrected chi connectivity index (χ1v) is 7.53. The van der Waals surface area contributed by atoms with Crippen molar-refractivity contribution in [1.29, 1.82) is 0 Å². The molecular weight excluding hydrogens is 264 g/mol. The lowest BCUT2D eigenvalue weighted by molar-refractivity contribution is 0.207. The lowest BCUT2D eigenvalue weighted by Gasteiger charge is -2.25. The van der Waals surface area contributed by atoms with Gasteiger partial charge in [0.15, 0.2) is 5.65 Å². The van der Waals surface area contributed by atoms with Crippen molar-refractivity contribution in [3.63, 3.8) is 0 Å². The van der Waals surface area contributed by atoms with E-state index in [1.807, 2.05) is 7.05 Å². The highest BCUT2D eigenvalue weighted by Crippen LogP contribution is 2.17. The molecule has 0 fully saturated rings. The summed E-state index contributed by atoms with van der Waals surface area (Å²) in [6, 6.07) is 0. The van der Waals surface area contributed by atoms with E-state index in [2.05, 4.69) is 47.7 Å². The molecule has 0 saturated heterocycles. The lowest BCUT2D eigenvalue weighted by Crippen LogP contribution is -2.31. The van der Waals surface area contributed by atoms with Gasteiger partial charge in [-0.05, 0) is 11.8 Å². The van der Waals surface area contributed by atoms with Crippen molar-refractivity contribution in [2.75, 3.05) is 18.8 Å². The van der Waals surface area contributed by atoms with Crippen LogP contribution in [-0.4, -0.2) is 37.7 Å². The van der Waals surface area contributed by atoms with E-state index in [4.69, 9.17) is 5.73 Å². The Morgan fingerprint density at radius 1 is 1.14 bits per heavy atom. The quantitative estimate of drug-likeness (QED) is 0.881. The van der Waals surface area contributed by atoms with Crippen molar-refractivity contribution >= 4 is 16.9 Å². The molecule has 0 bridgehead atoms. The molecule has 2 aromatic heterocycles. The van der Waals surface area contributed by atoms with Crippen LogP contribution in [0.15, 0.2) is 6.20 Å². The number of nitrogens with two attached hydrogens (primary N) is 1. The van der Waals surface area contributed by atoms with Crippen molar-refractivity contribution in [3.05, 3.63) is 12.0 Å². The molecule has 0 aliphatic rings. The zero-order chi connectivity index (χ0) is 15.6. The molecule has 0 aliphatic carbocycles. The number of nitrogens with zero attached hydrogens (tertiary/aromatic N) is 5. The van der Waals surface area contributed by atoms with Crippen LogP contribution in [0.25, 0.3) is 11.0 Å². The van der Waals surface area contributed by atoms with Gasteiger partial charge in [0.25, 0.3) is 0 Å². The van der Waals surface area contributed by atoms with Gasteiger partial charge >= 0.3 is 0 Å². The molecule has 21 heavy (non-hydrogen) atoms. The minimum absolute atomic E-state index is 0.511. The zero-order valence-electron chi connectivity index (χ0n) is 13.7. The van der Waals surface area contributed by atoms with Crippen LogP contribution >= 0.6 is 0 Å². The van der Waals surface area contributed by atoms with Crippen LogP contribution in [0.4, 0.5) is 5.82 Å². The maximum absolute atomic E-state index is 6.03. The molecular formula is C15H26N6. The first-order valence-electron chi connectivity index (χ1n) is 7.53. The summed E-state index contributed by atoms with van der Waals surface area (Å²) in [6.07, 6.45) is 1.72. The SMILES string of the molecule is CC(C)CN(Cc1nc(N)c2cnn(C)c2n1)CC(C)C. The number of hydrogen-bond donors (Lipinski definition) is 1. The van der Waals surface area contributed by atoms with Gasteiger partial charge in [-0.15, -0.1) is 0 Å². The van der Waals surface area contributed by atoms with Crippen LogP contribution < -0.4 is 5.73 Å². The Kier molecular flexibility index (Phi) is 4.77. The molecule has 0 aliphatic heterocycles. The third kappa shape index (κ3) is 3.91. The summed E-state index contributed by atoms with van der Waals surface area (Å²) in [5.41, 5.74) is 6.82. The van der Waals surface area contributed by atoms with Gasteiger partial charge in [-0.1, -0.05) is 27.7 Å². The second-order valence-corrected chi connectivity index (χ2v) is 6.51. The fraction of sp³-hybridized carbons (Fsp3) is 0.667. The number of hydrogen-bond acceptors (Lipinski definition) is 5. The van der Waals surface area contributed by atoms with Crippen LogP contribution in [0.1, 0.15) is 33.5 Å². The highest BCUT2D eigenvalue weighted by molar-refractivity contribution is 5.84. The van der Waals surface area contributed by atoms with Crippen LogP contribution in [-0.2, 0) is 13.6 Å². The topological polar surface area (TPSA) is 72.9 Å². The number of aromatic nitrogens is 4. The Labute approximate surface area is 126 Å². The lowest BCUT2D eigenvalue weighted by atomic mass is 10.1. The molecule has 0 saturated carbocycles. The van der Waals surface area contributed by atoms with Crippen molar-refractivity contribution in [3.8, 4) is 0 Å². The third-order valence-electron chi connectivity index (χ3n) is 3.28. The van der Waals surface area contributed by atoms with Gasteiger partial charge in [-0.3, -0.25) is 9.58 Å². The average molecular weight is 290 g/mol. The largest absolute Gasteiger partial charge is 0.383 e. The first-order chi connectivity index (χ1) is 9.86. The van der Waals surface area contributed by atoms with E-state index in [0.29, 0.717) is 17.7 Å². The van der Waals surface area contributed by atoms with Gasteiger partial charge in [0.05, 0.1) is 18.1 Å². The van der Waals surface area contributed by atoms with Gasteiger partial charge in [0.2, 0.25) is 0 Å². The molecule has 0 unspecified atom stereocenters. The maximum Gasteiger partial charge on any atom is 0.163 e. The van der Waals surface area contributed by atoms with Gasteiger partial charge in [0, 0.05) is 20.1 Å². The summed E-state index contributed by atoms with van der Waals surface area (Å²) >= 11 is 0. The highest BCUT2D eigenvalue weighted by Gasteiger charge is 2.14. The van der Waals surface area contributed by atoms with Gasteiger partial charge in [-0.25, -0.2) is 9.97 Å². The first kappa shape index (κ1) is 15.7. The smallest absolute Gasteiger partial charge is 0.163 e. The molecule has 2 aromatic rings. The van der Waals surface area contributed by atoms with Gasteiger partial charge in [-0.2, -0.15) is 5.10 Å². The Morgan fingerprint density at radius 3 is 2.33 bits per heavy atom. The standard InChI is InChI=1S/C15H26N6/c1-10(2)7-21(8-11(3)4)9-13-18-14(16)12-6-17-20(5)15(12)19-13/h6,10-11H,7-9H2,1-5H3,(H2,16,18,19). The average Bonchev–Trinajstić information content (AvgIpc) is 2.70. The van der Waals surface area contributed by atoms with Gasteiger partial charge < -0.3 is 5.73 Å². The predicted molar refractivity (Wildman–Crippen MR) is 85.7 cm³/mol. The maximum atomic E-state index is 6.03. The monoisotopic (exact) mass is 290 g/mol. The van der Waals surface area contributed by atoms with E-state index < -0.39 is 0 Å². The molecule has 0 spiro atoms. The van der Waals surface area contributed by atoms with Crippen molar-refractivity contribution in [2.45, 2.75) is 34.2 Å². The van der Waals surface area contributed by atoms with Crippen molar-refractivity contribution in [2.24, 2.45) is 18.9 Å². The number of nitrogen functional groups attached to an aromatic ring is 1. The van der Waals surface area contributed by atoms with E-state index in [9.17, 15) is 0 Å². The fourth-order valence-corrected chi connectivity index (χ4v) is 2.60. The molecule has 2 rings (SSSR count). The molecule has 0 amide bonds. The number of rotatable bonds is 6. The van der Waals surface area contributed by atoms with E-state index in [1.165, 1.54) is 0 Å². The molecule has 0 radical (unpaired) electrons. The Morgan fingerprint density at radius 2 is 1.76 bits per heavy atom. The summed E-state index contributed by atoms with van der Waals surface area (Å²) in [4.78, 5) is 11.5. The predicted octanol–water partition coefficient (Wildman–Crippen LogP) is 2.06. The van der Waals surface area contributed by atoms with E-state index in [1.54, 1.807) is 10.9 Å². The van der Waals surface area contributed by atoms with E-state index in [-0.39, 0.29) is 0 Å². The second kappa shape index (κ2) is 6.39. The van der Waals surface area contributed by atoms with E-state index >= 15 is 0 Å². The van der Waals surface area contributed by atoms with Crippen molar-refractivity contribution in [1.82, 2.24) is 24.6 Å². The summed E-state index contributed by atoms with van der Waals surface area (Å²) in [6.45, 7) is 11.7. The molecule has 2 N–H and O–H groups in total. The van der Waals surface area contributed by atoms with E-state index in [0.717, 1.165) is 36.5 Å². The van der Waals surface area contributed by atoms with Crippen LogP contribution in [0.3, 0.4) is 0 Å². The van der Waals surface area contributed by atoms with Crippen molar-refractivity contribution < 1.29 is 0 Å². The number of aryl methyl sites for hydroxylation is 1. The number of anilines is 1. The molecule has 116 valence electrons. The zero-order valence-corrected chi connectivity index (χ0v) is 13.7. The summed E-state index contributed by atoms with van der Waals surface area (Å²) in [5.74, 6) is 2.50. The second-order valence-electron chi connectivity index (χ2n) is 6.51. The Bertz CT molecular complexity index is 591. The minimum atomic E-state index is 0.511. The normalized spacial score (nSPS) is 12.2. The Balaban J connectivity index is 2.25. The van der Waals surface area contributed by atoms with Crippen LogP contribution in [0.5, 0.6) is 0 Å². The van der Waals surface area contributed by atoms with Gasteiger partial charge in [0.1, 0.15) is 11.6 Å². The number of fused-ring (bicyclic) bond motifs is 1. The summed E-state index contributed by atoms with van der Waals surface area (Å²) < 4.78 is 1.74. The molecule has 0 aromatic carbocycles. The molecule has 2 heterocycles. The molecule has 0 atom stereocenters. The fourth-order valence-electron chi connectivity index (χ4n) is 2.60.